The van der Waals surface area contributed by atoms with Crippen LogP contribution < -0.4 is 5.32 Å². The second kappa shape index (κ2) is 5.87. The van der Waals surface area contributed by atoms with Crippen LogP contribution in [0.4, 0.5) is 0 Å². The highest BCUT2D eigenvalue weighted by Gasteiger charge is 2.15. The van der Waals surface area contributed by atoms with E-state index in [1.165, 1.54) is 12.1 Å². The van der Waals surface area contributed by atoms with Gasteiger partial charge in [-0.05, 0) is 48.4 Å². The first kappa shape index (κ1) is 14.3. The molecule has 0 spiro atoms. The van der Waals surface area contributed by atoms with Crippen LogP contribution in [0, 0.1) is 0 Å². The molecule has 2 rings (SSSR count). The van der Waals surface area contributed by atoms with Crippen LogP contribution in [-0.2, 0) is 0 Å². The smallest absolute Gasteiger partial charge is 0.287 e. The second-order valence-corrected chi connectivity index (χ2v) is 5.16. The molecule has 1 atom stereocenters. The summed E-state index contributed by atoms with van der Waals surface area (Å²) < 4.78 is 5.03. The van der Waals surface area contributed by atoms with Crippen molar-refractivity contribution in [1.29, 1.82) is 0 Å². The van der Waals surface area contributed by atoms with E-state index in [2.05, 4.69) is 5.32 Å². The lowest BCUT2D eigenvalue weighted by molar-refractivity contribution is 0.0912. The maximum absolute atomic E-state index is 11.9. The molecule has 1 aromatic heterocycles. The SMILES string of the molecule is CC(NC(=O)c1ccc(Cl)o1)c1ccc(Cl)c(Cl)c1. The van der Waals surface area contributed by atoms with E-state index in [1.54, 1.807) is 18.2 Å². The number of nitrogens with one attached hydrogen (secondary N) is 1. The highest BCUT2D eigenvalue weighted by atomic mass is 35.5. The summed E-state index contributed by atoms with van der Waals surface area (Å²) in [5.74, 6) is -0.178. The zero-order chi connectivity index (χ0) is 14.0. The molecule has 0 fully saturated rings. The molecule has 3 nitrogen and oxygen atoms in total. The number of halogens is 3. The summed E-state index contributed by atoms with van der Waals surface area (Å²) in [6, 6.07) is 8.00. The van der Waals surface area contributed by atoms with Gasteiger partial charge >= 0.3 is 0 Å². The summed E-state index contributed by atoms with van der Waals surface area (Å²) in [4.78, 5) is 11.9. The van der Waals surface area contributed by atoms with E-state index in [4.69, 9.17) is 39.2 Å². The van der Waals surface area contributed by atoms with Crippen molar-refractivity contribution in [2.75, 3.05) is 0 Å². The third kappa shape index (κ3) is 3.44. The lowest BCUT2D eigenvalue weighted by Crippen LogP contribution is -2.26. The van der Waals surface area contributed by atoms with Gasteiger partial charge in [0.25, 0.3) is 5.91 Å². The molecule has 0 saturated carbocycles. The molecule has 0 aliphatic carbocycles. The molecule has 100 valence electrons. The molecule has 1 aromatic carbocycles. The molecule has 1 unspecified atom stereocenters. The van der Waals surface area contributed by atoms with E-state index in [0.29, 0.717) is 10.0 Å². The monoisotopic (exact) mass is 317 g/mol. The third-order valence-electron chi connectivity index (χ3n) is 2.59. The van der Waals surface area contributed by atoms with Crippen LogP contribution in [0.15, 0.2) is 34.7 Å². The van der Waals surface area contributed by atoms with Crippen LogP contribution in [0.2, 0.25) is 15.3 Å². The molecule has 19 heavy (non-hydrogen) atoms. The van der Waals surface area contributed by atoms with Crippen LogP contribution >= 0.6 is 34.8 Å². The van der Waals surface area contributed by atoms with Crippen LogP contribution in [0.25, 0.3) is 0 Å². The number of benzene rings is 1. The minimum atomic E-state index is -0.342. The zero-order valence-electron chi connectivity index (χ0n) is 9.91. The van der Waals surface area contributed by atoms with Crippen LogP contribution in [-0.4, -0.2) is 5.91 Å². The van der Waals surface area contributed by atoms with Crippen molar-refractivity contribution in [2.24, 2.45) is 0 Å². The Kier molecular flexibility index (Phi) is 4.40. The summed E-state index contributed by atoms with van der Waals surface area (Å²) in [5.41, 5.74) is 0.848. The molecule has 0 aliphatic heterocycles. The molecule has 1 N–H and O–H groups in total. The Labute approximate surface area is 125 Å². The van der Waals surface area contributed by atoms with E-state index in [-0.39, 0.29) is 22.9 Å². The number of hydrogen-bond donors (Lipinski definition) is 1. The quantitative estimate of drug-likeness (QED) is 0.889. The van der Waals surface area contributed by atoms with Crippen molar-refractivity contribution < 1.29 is 9.21 Å². The first-order chi connectivity index (χ1) is 8.97. The van der Waals surface area contributed by atoms with Crippen molar-refractivity contribution in [3.63, 3.8) is 0 Å². The second-order valence-electron chi connectivity index (χ2n) is 3.97. The van der Waals surface area contributed by atoms with Crippen molar-refractivity contribution >= 4 is 40.7 Å². The number of rotatable bonds is 3. The van der Waals surface area contributed by atoms with E-state index in [1.807, 2.05) is 6.92 Å². The summed E-state index contributed by atoms with van der Waals surface area (Å²) in [5, 5.41) is 3.87. The number of amides is 1. The van der Waals surface area contributed by atoms with Crippen LogP contribution in [0.3, 0.4) is 0 Å². The lowest BCUT2D eigenvalue weighted by Gasteiger charge is -2.14. The molecule has 1 amide bonds. The van der Waals surface area contributed by atoms with Gasteiger partial charge in [-0.15, -0.1) is 0 Å². The van der Waals surface area contributed by atoms with Gasteiger partial charge in [0, 0.05) is 0 Å². The van der Waals surface area contributed by atoms with E-state index in [0.717, 1.165) is 5.56 Å². The van der Waals surface area contributed by atoms with Gasteiger partial charge in [0.05, 0.1) is 16.1 Å². The number of furan rings is 1. The Morgan fingerprint density at radius 3 is 2.47 bits per heavy atom. The Morgan fingerprint density at radius 2 is 1.89 bits per heavy atom. The average molecular weight is 319 g/mol. The highest BCUT2D eigenvalue weighted by Crippen LogP contribution is 2.25. The molecule has 2 aromatic rings. The van der Waals surface area contributed by atoms with Crippen molar-refractivity contribution in [2.45, 2.75) is 13.0 Å². The minimum Gasteiger partial charge on any atom is -0.440 e. The van der Waals surface area contributed by atoms with Gasteiger partial charge in [0.15, 0.2) is 11.0 Å². The normalized spacial score (nSPS) is 12.2. The van der Waals surface area contributed by atoms with Gasteiger partial charge in [0.2, 0.25) is 0 Å². The van der Waals surface area contributed by atoms with Crippen molar-refractivity contribution in [3.8, 4) is 0 Å². The number of carbonyl (C=O) groups excluding carboxylic acids is 1. The Bertz CT molecular complexity index is 610. The molecule has 0 saturated heterocycles. The topological polar surface area (TPSA) is 42.2 Å². The van der Waals surface area contributed by atoms with Crippen molar-refractivity contribution in [3.05, 3.63) is 56.9 Å². The van der Waals surface area contributed by atoms with E-state index < -0.39 is 0 Å². The first-order valence-corrected chi connectivity index (χ1v) is 6.62. The Balaban J connectivity index is 2.10. The fraction of sp³-hybridized carbons (Fsp3) is 0.154. The first-order valence-electron chi connectivity index (χ1n) is 5.48. The Morgan fingerprint density at radius 1 is 1.16 bits per heavy atom. The molecular weight excluding hydrogens is 309 g/mol. The maximum atomic E-state index is 11.9. The largest absolute Gasteiger partial charge is 0.440 e. The molecular formula is C13H10Cl3NO2. The third-order valence-corrected chi connectivity index (χ3v) is 3.53. The molecule has 0 aliphatic rings. The molecule has 0 bridgehead atoms. The van der Waals surface area contributed by atoms with Gasteiger partial charge in [0.1, 0.15) is 0 Å². The summed E-state index contributed by atoms with van der Waals surface area (Å²) in [6.45, 7) is 1.84. The van der Waals surface area contributed by atoms with Crippen LogP contribution in [0.5, 0.6) is 0 Å². The predicted molar refractivity (Wildman–Crippen MR) is 76.1 cm³/mol. The predicted octanol–water partition coefficient (Wildman–Crippen LogP) is 4.73. The van der Waals surface area contributed by atoms with Crippen molar-refractivity contribution in [1.82, 2.24) is 5.32 Å². The van der Waals surface area contributed by atoms with Gasteiger partial charge in [-0.1, -0.05) is 29.3 Å². The fourth-order valence-corrected chi connectivity index (χ4v) is 2.02. The summed E-state index contributed by atoms with van der Waals surface area (Å²) >= 11 is 17.4. The fourth-order valence-electron chi connectivity index (χ4n) is 1.57. The highest BCUT2D eigenvalue weighted by molar-refractivity contribution is 6.42. The van der Waals surface area contributed by atoms with Crippen LogP contribution in [0.1, 0.15) is 29.1 Å². The van der Waals surface area contributed by atoms with Gasteiger partial charge in [-0.3, -0.25) is 4.79 Å². The Hall–Kier alpha value is -1.16. The number of hydrogen-bond acceptors (Lipinski definition) is 2. The summed E-state index contributed by atoms with van der Waals surface area (Å²) in [6.07, 6.45) is 0. The van der Waals surface area contributed by atoms with Gasteiger partial charge in [-0.25, -0.2) is 0 Å². The molecule has 1 heterocycles. The number of carbonyl (C=O) groups is 1. The average Bonchev–Trinajstić information content (AvgIpc) is 2.79. The van der Waals surface area contributed by atoms with Gasteiger partial charge < -0.3 is 9.73 Å². The maximum Gasteiger partial charge on any atom is 0.287 e. The van der Waals surface area contributed by atoms with Gasteiger partial charge in [-0.2, -0.15) is 0 Å². The standard InChI is InChI=1S/C13H10Cl3NO2/c1-7(8-2-3-9(14)10(15)6-8)17-13(18)11-4-5-12(16)19-11/h2-7H,1H3,(H,17,18). The summed E-state index contributed by atoms with van der Waals surface area (Å²) in [7, 11) is 0. The van der Waals surface area contributed by atoms with E-state index in [9.17, 15) is 4.79 Å². The van der Waals surface area contributed by atoms with E-state index >= 15 is 0 Å². The lowest BCUT2D eigenvalue weighted by atomic mass is 10.1. The molecule has 0 radical (unpaired) electrons. The zero-order valence-corrected chi connectivity index (χ0v) is 12.2. The molecule has 6 heteroatoms. The minimum absolute atomic E-state index is 0.164.